The lowest BCUT2D eigenvalue weighted by Gasteiger charge is -2.36. The fourth-order valence-electron chi connectivity index (χ4n) is 3.19. The van der Waals surface area contributed by atoms with Crippen molar-refractivity contribution in [2.45, 2.75) is 18.3 Å². The fourth-order valence-corrected chi connectivity index (χ4v) is 3.19. The number of pyridine rings is 1. The molecule has 0 aromatic carbocycles. The second-order valence-electron chi connectivity index (χ2n) is 6.45. The number of fused-ring (bicyclic) bond motifs is 1. The third-order valence-electron chi connectivity index (χ3n) is 4.52. The van der Waals surface area contributed by atoms with Gasteiger partial charge in [-0.15, -0.1) is 0 Å². The molecule has 2 aliphatic heterocycles. The van der Waals surface area contributed by atoms with Gasteiger partial charge >= 0.3 is 12.1 Å². The van der Waals surface area contributed by atoms with E-state index in [0.29, 0.717) is 31.3 Å². The Morgan fingerprint density at radius 1 is 1.07 bits per heavy atom. The molecule has 160 valence electrons. The molecule has 0 radical (unpaired) electrons. The number of alkyl halides is 3. The van der Waals surface area contributed by atoms with Crippen molar-refractivity contribution < 1.29 is 32.6 Å². The number of amides is 1. The van der Waals surface area contributed by atoms with Crippen LogP contribution in [0.4, 0.5) is 19.1 Å². The number of halogens is 3. The van der Waals surface area contributed by atoms with Crippen molar-refractivity contribution in [1.29, 1.82) is 0 Å². The lowest BCUT2D eigenvalue weighted by Crippen LogP contribution is -2.51. The molecule has 1 amide bonds. The molecule has 4 rings (SSSR count). The first-order valence-corrected chi connectivity index (χ1v) is 8.93. The summed E-state index contributed by atoms with van der Waals surface area (Å²) in [5.41, 5.74) is 0.466. The van der Waals surface area contributed by atoms with Crippen LogP contribution in [0.1, 0.15) is 10.5 Å². The minimum atomic E-state index is -5.08. The van der Waals surface area contributed by atoms with Gasteiger partial charge in [0.1, 0.15) is 5.69 Å². The molecule has 2 aromatic heterocycles. The van der Waals surface area contributed by atoms with Crippen molar-refractivity contribution >= 4 is 17.8 Å². The SMILES string of the molecule is O=C(O)C(F)(F)F.O=C(c1ccccn1)N1C[C@@H]2OCCN(c3ncccn3)[C@@H]2C1. The van der Waals surface area contributed by atoms with Gasteiger partial charge in [0.25, 0.3) is 5.91 Å². The molecule has 30 heavy (non-hydrogen) atoms. The van der Waals surface area contributed by atoms with E-state index in [0.717, 1.165) is 6.54 Å². The Hall–Kier alpha value is -3.28. The Bertz CT molecular complexity index is 869. The second-order valence-corrected chi connectivity index (χ2v) is 6.45. The highest BCUT2D eigenvalue weighted by atomic mass is 19.4. The molecular formula is C18H18F3N5O4. The number of carbonyl (C=O) groups excluding carboxylic acids is 1. The number of hydrogen-bond acceptors (Lipinski definition) is 7. The minimum Gasteiger partial charge on any atom is -0.475 e. The number of hydrogen-bond donors (Lipinski definition) is 1. The van der Waals surface area contributed by atoms with Gasteiger partial charge in [-0.2, -0.15) is 13.2 Å². The number of nitrogens with zero attached hydrogens (tertiary/aromatic N) is 5. The van der Waals surface area contributed by atoms with Gasteiger partial charge in [-0.3, -0.25) is 9.78 Å². The number of aliphatic carboxylic acids is 1. The Kier molecular flexibility index (Phi) is 6.45. The van der Waals surface area contributed by atoms with Crippen LogP contribution in [0.5, 0.6) is 0 Å². The smallest absolute Gasteiger partial charge is 0.475 e. The number of carboxylic acids is 1. The lowest BCUT2D eigenvalue weighted by molar-refractivity contribution is -0.192. The summed E-state index contributed by atoms with van der Waals surface area (Å²) >= 11 is 0. The van der Waals surface area contributed by atoms with Gasteiger partial charge in [0, 0.05) is 38.2 Å². The van der Waals surface area contributed by atoms with Gasteiger partial charge < -0.3 is 19.6 Å². The summed E-state index contributed by atoms with van der Waals surface area (Å²) in [6.45, 7) is 2.52. The molecule has 1 N–H and O–H groups in total. The first kappa shape index (κ1) is 21.4. The Balaban J connectivity index is 0.000000318. The number of rotatable bonds is 2. The van der Waals surface area contributed by atoms with E-state index in [1.54, 1.807) is 41.7 Å². The number of aromatic nitrogens is 3. The van der Waals surface area contributed by atoms with E-state index in [4.69, 9.17) is 14.6 Å². The predicted molar refractivity (Wildman–Crippen MR) is 96.7 cm³/mol. The topological polar surface area (TPSA) is 109 Å². The van der Waals surface area contributed by atoms with E-state index in [2.05, 4.69) is 19.9 Å². The maximum Gasteiger partial charge on any atom is 0.490 e. The zero-order valence-corrected chi connectivity index (χ0v) is 15.6. The average Bonchev–Trinajstić information content (AvgIpc) is 3.18. The van der Waals surface area contributed by atoms with E-state index in [9.17, 15) is 18.0 Å². The first-order chi connectivity index (χ1) is 14.3. The maximum atomic E-state index is 12.6. The monoisotopic (exact) mass is 425 g/mol. The molecule has 2 saturated heterocycles. The summed E-state index contributed by atoms with van der Waals surface area (Å²) < 4.78 is 37.6. The highest BCUT2D eigenvalue weighted by Gasteiger charge is 2.43. The Morgan fingerprint density at radius 2 is 1.73 bits per heavy atom. The maximum absolute atomic E-state index is 12.6. The van der Waals surface area contributed by atoms with Crippen molar-refractivity contribution in [1.82, 2.24) is 19.9 Å². The van der Waals surface area contributed by atoms with Crippen LogP contribution in [-0.4, -0.2) is 81.4 Å². The van der Waals surface area contributed by atoms with Gasteiger partial charge in [-0.25, -0.2) is 14.8 Å². The number of morpholine rings is 1. The number of carbonyl (C=O) groups is 2. The number of ether oxygens (including phenoxy) is 1. The standard InChI is InChI=1S/C16H17N5O2.C2HF3O2/c22-15(12-4-1-2-5-17-12)20-10-13-14(11-20)23-9-8-21(13)16-18-6-3-7-19-16;3-2(4,5)1(6)7/h1-7,13-14H,8-11H2;(H,6,7)/t13-,14+;/m1./s1. The van der Waals surface area contributed by atoms with Gasteiger partial charge in [0.2, 0.25) is 5.95 Å². The molecular weight excluding hydrogens is 407 g/mol. The molecule has 2 fully saturated rings. The Labute approximate surface area is 169 Å². The van der Waals surface area contributed by atoms with Crippen molar-refractivity contribution in [3.8, 4) is 0 Å². The van der Waals surface area contributed by atoms with Gasteiger partial charge in [-0.05, 0) is 18.2 Å². The molecule has 9 nitrogen and oxygen atoms in total. The second kappa shape index (κ2) is 9.03. The molecule has 2 atom stereocenters. The third kappa shape index (κ3) is 5.00. The molecule has 4 heterocycles. The molecule has 2 aliphatic rings. The molecule has 0 saturated carbocycles. The van der Waals surface area contributed by atoms with Crippen LogP contribution in [0.2, 0.25) is 0 Å². The van der Waals surface area contributed by atoms with Crippen molar-refractivity contribution in [3.05, 3.63) is 48.5 Å². The average molecular weight is 425 g/mol. The lowest BCUT2D eigenvalue weighted by atomic mass is 10.1. The fraction of sp³-hybridized carbons (Fsp3) is 0.389. The van der Waals surface area contributed by atoms with Gasteiger partial charge in [0.05, 0.1) is 18.8 Å². The quantitative estimate of drug-likeness (QED) is 0.766. The van der Waals surface area contributed by atoms with Crippen LogP contribution in [0.3, 0.4) is 0 Å². The summed E-state index contributed by atoms with van der Waals surface area (Å²) in [6.07, 6.45) is 0.00824. The Morgan fingerprint density at radius 3 is 2.33 bits per heavy atom. The van der Waals surface area contributed by atoms with E-state index in [1.165, 1.54) is 0 Å². The zero-order chi connectivity index (χ0) is 21.7. The summed E-state index contributed by atoms with van der Waals surface area (Å²) in [4.78, 5) is 38.2. The summed E-state index contributed by atoms with van der Waals surface area (Å²) in [5.74, 6) is -2.12. The van der Waals surface area contributed by atoms with Gasteiger partial charge in [0.15, 0.2) is 0 Å². The molecule has 0 unspecified atom stereocenters. The molecule has 0 spiro atoms. The van der Waals surface area contributed by atoms with E-state index >= 15 is 0 Å². The highest BCUT2D eigenvalue weighted by Crippen LogP contribution is 2.26. The van der Waals surface area contributed by atoms with E-state index in [1.807, 2.05) is 6.07 Å². The van der Waals surface area contributed by atoms with E-state index in [-0.39, 0.29) is 18.1 Å². The normalized spacial score (nSPS) is 20.8. The predicted octanol–water partition coefficient (Wildman–Crippen LogP) is 1.23. The van der Waals surface area contributed by atoms with Crippen LogP contribution < -0.4 is 4.90 Å². The summed E-state index contributed by atoms with van der Waals surface area (Å²) in [5, 5.41) is 7.12. The van der Waals surface area contributed by atoms with Crippen LogP contribution in [-0.2, 0) is 9.53 Å². The summed E-state index contributed by atoms with van der Waals surface area (Å²) in [7, 11) is 0. The van der Waals surface area contributed by atoms with Gasteiger partial charge in [-0.1, -0.05) is 6.07 Å². The molecule has 2 aromatic rings. The number of likely N-dealkylation sites (tertiary alicyclic amines) is 1. The number of anilines is 1. The molecule has 12 heteroatoms. The van der Waals surface area contributed by atoms with Crippen molar-refractivity contribution in [2.75, 3.05) is 31.1 Å². The third-order valence-corrected chi connectivity index (χ3v) is 4.52. The zero-order valence-electron chi connectivity index (χ0n) is 15.6. The number of carboxylic acid groups (broad SMARTS) is 1. The summed E-state index contributed by atoms with van der Waals surface area (Å²) in [6, 6.07) is 7.25. The van der Waals surface area contributed by atoms with Crippen LogP contribution in [0, 0.1) is 0 Å². The van der Waals surface area contributed by atoms with Crippen LogP contribution in [0.25, 0.3) is 0 Å². The van der Waals surface area contributed by atoms with Crippen molar-refractivity contribution in [2.24, 2.45) is 0 Å². The molecule has 0 aliphatic carbocycles. The minimum absolute atomic E-state index is 0.0137. The van der Waals surface area contributed by atoms with Crippen molar-refractivity contribution in [3.63, 3.8) is 0 Å². The highest BCUT2D eigenvalue weighted by molar-refractivity contribution is 5.92. The first-order valence-electron chi connectivity index (χ1n) is 8.93. The van der Waals surface area contributed by atoms with E-state index < -0.39 is 12.1 Å². The molecule has 0 bridgehead atoms. The van der Waals surface area contributed by atoms with Crippen LogP contribution >= 0.6 is 0 Å². The van der Waals surface area contributed by atoms with Crippen LogP contribution in [0.15, 0.2) is 42.9 Å². The largest absolute Gasteiger partial charge is 0.490 e.